The van der Waals surface area contributed by atoms with Gasteiger partial charge in [-0.15, -0.1) is 0 Å². The normalized spacial score (nSPS) is 12.9. The van der Waals surface area contributed by atoms with Gasteiger partial charge in [-0.05, 0) is 32.2 Å². The lowest BCUT2D eigenvalue weighted by molar-refractivity contribution is 0.540. The fourth-order valence-corrected chi connectivity index (χ4v) is 3.20. The predicted octanol–water partition coefficient (Wildman–Crippen LogP) is 3.33. The van der Waals surface area contributed by atoms with Gasteiger partial charge in [-0.1, -0.05) is 25.1 Å². The molecule has 1 atom stereocenters. The first-order valence-electron chi connectivity index (χ1n) is 7.46. The SMILES string of the molecule is CCCNC(CSC)Cc1nn(CC)c2ccccc12. The van der Waals surface area contributed by atoms with Gasteiger partial charge in [0.2, 0.25) is 0 Å². The van der Waals surface area contributed by atoms with E-state index in [0.717, 1.165) is 25.3 Å². The smallest absolute Gasteiger partial charge is 0.0719 e. The Morgan fingerprint density at radius 3 is 2.80 bits per heavy atom. The van der Waals surface area contributed by atoms with E-state index in [1.165, 1.54) is 23.0 Å². The molecule has 2 rings (SSSR count). The number of aryl methyl sites for hydroxylation is 1. The Balaban J connectivity index is 2.22. The van der Waals surface area contributed by atoms with Gasteiger partial charge >= 0.3 is 0 Å². The molecular formula is C16H25N3S. The van der Waals surface area contributed by atoms with Crippen molar-refractivity contribution < 1.29 is 0 Å². The summed E-state index contributed by atoms with van der Waals surface area (Å²) in [7, 11) is 0. The van der Waals surface area contributed by atoms with Crippen molar-refractivity contribution in [3.63, 3.8) is 0 Å². The van der Waals surface area contributed by atoms with Crippen LogP contribution in [0.3, 0.4) is 0 Å². The Kier molecular flexibility index (Phi) is 5.92. The minimum absolute atomic E-state index is 0.508. The fourth-order valence-electron chi connectivity index (χ4n) is 2.56. The molecule has 20 heavy (non-hydrogen) atoms. The molecule has 0 fully saturated rings. The summed E-state index contributed by atoms with van der Waals surface area (Å²) >= 11 is 1.90. The van der Waals surface area contributed by atoms with Gasteiger partial charge in [-0.3, -0.25) is 4.68 Å². The van der Waals surface area contributed by atoms with Gasteiger partial charge in [-0.25, -0.2) is 0 Å². The number of thioether (sulfide) groups is 1. The van der Waals surface area contributed by atoms with Gasteiger partial charge in [0.15, 0.2) is 0 Å². The van der Waals surface area contributed by atoms with E-state index in [4.69, 9.17) is 5.10 Å². The average molecular weight is 291 g/mol. The molecule has 0 spiro atoms. The Labute approximate surface area is 126 Å². The first-order valence-corrected chi connectivity index (χ1v) is 8.86. The largest absolute Gasteiger partial charge is 0.313 e. The lowest BCUT2D eigenvalue weighted by atomic mass is 10.1. The van der Waals surface area contributed by atoms with E-state index >= 15 is 0 Å². The van der Waals surface area contributed by atoms with E-state index in [2.05, 4.69) is 54.4 Å². The minimum Gasteiger partial charge on any atom is -0.313 e. The average Bonchev–Trinajstić information content (AvgIpc) is 2.83. The highest BCUT2D eigenvalue weighted by atomic mass is 32.2. The highest BCUT2D eigenvalue weighted by Crippen LogP contribution is 2.20. The molecule has 0 amide bonds. The quantitative estimate of drug-likeness (QED) is 0.809. The Morgan fingerprint density at radius 2 is 2.10 bits per heavy atom. The van der Waals surface area contributed by atoms with Crippen molar-refractivity contribution >= 4 is 22.7 Å². The number of aromatic nitrogens is 2. The number of rotatable bonds is 8. The third-order valence-electron chi connectivity index (χ3n) is 3.52. The molecule has 110 valence electrons. The number of benzene rings is 1. The number of hydrogen-bond donors (Lipinski definition) is 1. The van der Waals surface area contributed by atoms with Gasteiger partial charge in [0.05, 0.1) is 11.2 Å². The van der Waals surface area contributed by atoms with Crippen LogP contribution in [0.4, 0.5) is 0 Å². The molecule has 1 aromatic carbocycles. The van der Waals surface area contributed by atoms with Crippen LogP contribution >= 0.6 is 11.8 Å². The Bertz CT molecular complexity index is 536. The third kappa shape index (κ3) is 3.55. The molecule has 4 heteroatoms. The van der Waals surface area contributed by atoms with Crippen molar-refractivity contribution in [3.8, 4) is 0 Å². The molecule has 0 aliphatic carbocycles. The van der Waals surface area contributed by atoms with Crippen molar-refractivity contribution in [2.24, 2.45) is 0 Å². The van der Waals surface area contributed by atoms with Crippen LogP contribution in [0, 0.1) is 0 Å². The first-order chi connectivity index (χ1) is 9.80. The summed E-state index contributed by atoms with van der Waals surface area (Å²) in [6, 6.07) is 9.07. The second kappa shape index (κ2) is 7.70. The molecule has 1 aromatic heterocycles. The van der Waals surface area contributed by atoms with Crippen LogP contribution in [0.15, 0.2) is 24.3 Å². The molecule has 0 aliphatic rings. The maximum Gasteiger partial charge on any atom is 0.0719 e. The second-order valence-electron chi connectivity index (χ2n) is 5.09. The molecule has 0 saturated carbocycles. The van der Waals surface area contributed by atoms with Crippen molar-refractivity contribution in [1.82, 2.24) is 15.1 Å². The number of nitrogens with zero attached hydrogens (tertiary/aromatic N) is 2. The standard InChI is InChI=1S/C16H25N3S/c1-4-10-17-13(12-20-3)11-15-14-8-6-7-9-16(14)19(5-2)18-15/h6-9,13,17H,4-5,10-12H2,1-3H3. The predicted molar refractivity (Wildman–Crippen MR) is 89.6 cm³/mol. The summed E-state index contributed by atoms with van der Waals surface area (Å²) < 4.78 is 2.11. The molecule has 0 radical (unpaired) electrons. The minimum atomic E-state index is 0.508. The van der Waals surface area contributed by atoms with Crippen LogP contribution < -0.4 is 5.32 Å². The van der Waals surface area contributed by atoms with E-state index < -0.39 is 0 Å². The number of para-hydroxylation sites is 1. The maximum absolute atomic E-state index is 4.81. The van der Waals surface area contributed by atoms with Crippen molar-refractivity contribution in [2.45, 2.75) is 39.3 Å². The summed E-state index contributed by atoms with van der Waals surface area (Å²) in [6.45, 7) is 6.37. The van der Waals surface area contributed by atoms with Gasteiger partial charge in [0.1, 0.15) is 0 Å². The lowest BCUT2D eigenvalue weighted by Crippen LogP contribution is -2.34. The summed E-state index contributed by atoms with van der Waals surface area (Å²) in [5.41, 5.74) is 2.48. The number of fused-ring (bicyclic) bond motifs is 1. The molecule has 0 saturated heterocycles. The fraction of sp³-hybridized carbons (Fsp3) is 0.562. The van der Waals surface area contributed by atoms with Crippen LogP contribution in [0.25, 0.3) is 10.9 Å². The van der Waals surface area contributed by atoms with Gasteiger partial charge in [0.25, 0.3) is 0 Å². The van der Waals surface area contributed by atoms with E-state index in [1.807, 2.05) is 11.8 Å². The van der Waals surface area contributed by atoms with Crippen LogP contribution in [-0.2, 0) is 13.0 Å². The second-order valence-corrected chi connectivity index (χ2v) is 6.00. The van der Waals surface area contributed by atoms with Crippen molar-refractivity contribution in [1.29, 1.82) is 0 Å². The number of hydrogen-bond acceptors (Lipinski definition) is 3. The summed E-state index contributed by atoms with van der Waals surface area (Å²) in [5, 5.41) is 9.75. The highest BCUT2D eigenvalue weighted by molar-refractivity contribution is 7.98. The zero-order chi connectivity index (χ0) is 14.4. The van der Waals surface area contributed by atoms with E-state index in [0.29, 0.717) is 6.04 Å². The highest BCUT2D eigenvalue weighted by Gasteiger charge is 2.14. The monoisotopic (exact) mass is 291 g/mol. The third-order valence-corrected chi connectivity index (χ3v) is 4.26. The molecule has 1 unspecified atom stereocenters. The lowest BCUT2D eigenvalue weighted by Gasteiger charge is -2.16. The first kappa shape index (κ1) is 15.4. The van der Waals surface area contributed by atoms with E-state index in [9.17, 15) is 0 Å². The molecule has 0 bridgehead atoms. The molecule has 1 N–H and O–H groups in total. The molecule has 1 heterocycles. The van der Waals surface area contributed by atoms with Crippen LogP contribution in [0.5, 0.6) is 0 Å². The molecule has 0 aliphatic heterocycles. The molecule has 2 aromatic rings. The van der Waals surface area contributed by atoms with E-state index in [-0.39, 0.29) is 0 Å². The van der Waals surface area contributed by atoms with Crippen LogP contribution in [0.2, 0.25) is 0 Å². The van der Waals surface area contributed by atoms with Crippen LogP contribution in [-0.4, -0.2) is 34.4 Å². The topological polar surface area (TPSA) is 29.9 Å². The summed E-state index contributed by atoms with van der Waals surface area (Å²) in [6.07, 6.45) is 4.35. The summed E-state index contributed by atoms with van der Waals surface area (Å²) in [5.74, 6) is 1.13. The van der Waals surface area contributed by atoms with Gasteiger partial charge in [0, 0.05) is 30.1 Å². The van der Waals surface area contributed by atoms with E-state index in [1.54, 1.807) is 0 Å². The van der Waals surface area contributed by atoms with Crippen molar-refractivity contribution in [3.05, 3.63) is 30.0 Å². The van der Waals surface area contributed by atoms with Gasteiger partial charge in [-0.2, -0.15) is 16.9 Å². The zero-order valence-corrected chi connectivity index (χ0v) is 13.5. The Morgan fingerprint density at radius 1 is 1.30 bits per heavy atom. The van der Waals surface area contributed by atoms with Gasteiger partial charge < -0.3 is 5.32 Å². The molecule has 3 nitrogen and oxygen atoms in total. The maximum atomic E-state index is 4.81. The van der Waals surface area contributed by atoms with Crippen molar-refractivity contribution in [2.75, 3.05) is 18.6 Å². The van der Waals surface area contributed by atoms with Crippen LogP contribution in [0.1, 0.15) is 26.0 Å². The Hall–Kier alpha value is -1.00. The zero-order valence-electron chi connectivity index (χ0n) is 12.7. The summed E-state index contributed by atoms with van der Waals surface area (Å²) in [4.78, 5) is 0. The number of nitrogens with one attached hydrogen (secondary N) is 1. The molecular weight excluding hydrogens is 266 g/mol.